The Morgan fingerprint density at radius 1 is 1.31 bits per heavy atom. The molecule has 0 aromatic rings. The van der Waals surface area contributed by atoms with Gasteiger partial charge in [0.2, 0.25) is 0 Å². The van der Waals surface area contributed by atoms with Gasteiger partial charge in [-0.15, -0.1) is 0 Å². The van der Waals surface area contributed by atoms with Crippen LogP contribution in [0.3, 0.4) is 0 Å². The number of ether oxygens (including phenoxy) is 1. The molecule has 0 amide bonds. The first-order chi connectivity index (χ1) is 7.56. The Balaban J connectivity index is 2.04. The first-order valence-electron chi connectivity index (χ1n) is 6.40. The van der Waals surface area contributed by atoms with Crippen LogP contribution < -0.4 is 0 Å². The molecule has 0 N–H and O–H groups in total. The lowest BCUT2D eigenvalue weighted by Crippen LogP contribution is -2.61. The lowest BCUT2D eigenvalue weighted by Gasteiger charge is -2.52. The van der Waals surface area contributed by atoms with E-state index < -0.39 is 0 Å². The SMILES string of the molecule is COC(=O)C1CCN1C1CCCCC1(C)C. The molecule has 1 aliphatic carbocycles. The number of carbonyl (C=O) groups excluding carboxylic acids is 1. The zero-order valence-electron chi connectivity index (χ0n) is 10.7. The topological polar surface area (TPSA) is 29.5 Å². The van der Waals surface area contributed by atoms with Crippen LogP contribution in [-0.2, 0) is 9.53 Å². The van der Waals surface area contributed by atoms with E-state index in [9.17, 15) is 4.79 Å². The third-order valence-electron chi connectivity index (χ3n) is 4.39. The van der Waals surface area contributed by atoms with Crippen molar-refractivity contribution in [1.29, 1.82) is 0 Å². The summed E-state index contributed by atoms with van der Waals surface area (Å²) in [6.07, 6.45) is 6.13. The van der Waals surface area contributed by atoms with Crippen molar-refractivity contribution in [1.82, 2.24) is 4.90 Å². The Morgan fingerprint density at radius 3 is 2.56 bits per heavy atom. The molecule has 0 bridgehead atoms. The van der Waals surface area contributed by atoms with Crippen LogP contribution in [-0.4, -0.2) is 36.6 Å². The predicted octanol–water partition coefficient (Wildman–Crippen LogP) is 2.20. The largest absolute Gasteiger partial charge is 0.468 e. The van der Waals surface area contributed by atoms with Gasteiger partial charge in [-0.1, -0.05) is 26.7 Å². The molecule has 0 aromatic carbocycles. The molecule has 2 aliphatic rings. The van der Waals surface area contributed by atoms with E-state index in [0.29, 0.717) is 11.5 Å². The van der Waals surface area contributed by atoms with Crippen LogP contribution in [0.15, 0.2) is 0 Å². The normalized spacial score (nSPS) is 34.2. The second-order valence-electron chi connectivity index (χ2n) is 5.82. The number of rotatable bonds is 2. The highest BCUT2D eigenvalue weighted by Gasteiger charge is 2.45. The van der Waals surface area contributed by atoms with Crippen LogP contribution in [0.4, 0.5) is 0 Å². The quantitative estimate of drug-likeness (QED) is 0.675. The Morgan fingerprint density at radius 2 is 2.06 bits per heavy atom. The van der Waals surface area contributed by atoms with E-state index in [2.05, 4.69) is 18.7 Å². The van der Waals surface area contributed by atoms with Crippen molar-refractivity contribution in [2.75, 3.05) is 13.7 Å². The fraction of sp³-hybridized carbons (Fsp3) is 0.923. The maximum absolute atomic E-state index is 11.6. The third kappa shape index (κ3) is 1.97. The van der Waals surface area contributed by atoms with Gasteiger partial charge in [0.1, 0.15) is 6.04 Å². The summed E-state index contributed by atoms with van der Waals surface area (Å²) in [5, 5.41) is 0. The van der Waals surface area contributed by atoms with Crippen LogP contribution in [0, 0.1) is 5.41 Å². The lowest BCUT2D eigenvalue weighted by molar-refractivity contribution is -0.157. The average Bonchev–Trinajstić information content (AvgIpc) is 2.19. The zero-order chi connectivity index (χ0) is 11.8. The number of nitrogens with zero attached hydrogens (tertiary/aromatic N) is 1. The first kappa shape index (κ1) is 11.9. The maximum atomic E-state index is 11.6. The molecule has 2 rings (SSSR count). The number of carbonyl (C=O) groups is 1. The summed E-state index contributed by atoms with van der Waals surface area (Å²) in [6.45, 7) is 5.74. The van der Waals surface area contributed by atoms with Crippen LogP contribution in [0.2, 0.25) is 0 Å². The molecule has 1 aliphatic heterocycles. The van der Waals surface area contributed by atoms with E-state index in [0.717, 1.165) is 13.0 Å². The molecule has 3 heteroatoms. The van der Waals surface area contributed by atoms with Crippen molar-refractivity contribution in [2.45, 2.75) is 58.0 Å². The molecular formula is C13H23NO2. The number of likely N-dealkylation sites (tertiary alicyclic amines) is 1. The molecule has 2 atom stereocenters. The van der Waals surface area contributed by atoms with Gasteiger partial charge in [0.05, 0.1) is 7.11 Å². The van der Waals surface area contributed by atoms with Crippen molar-refractivity contribution < 1.29 is 9.53 Å². The molecule has 1 heterocycles. The summed E-state index contributed by atoms with van der Waals surface area (Å²) in [6, 6.07) is 0.603. The lowest BCUT2D eigenvalue weighted by atomic mass is 9.71. The molecule has 0 radical (unpaired) electrons. The molecule has 0 aromatic heterocycles. The van der Waals surface area contributed by atoms with Crippen molar-refractivity contribution >= 4 is 5.97 Å². The molecule has 2 unspecified atom stereocenters. The summed E-state index contributed by atoms with van der Waals surface area (Å²) in [7, 11) is 1.49. The number of hydrogen-bond donors (Lipinski definition) is 0. The van der Waals surface area contributed by atoms with Gasteiger partial charge in [0.25, 0.3) is 0 Å². The molecule has 1 saturated heterocycles. The van der Waals surface area contributed by atoms with E-state index in [1.165, 1.54) is 32.8 Å². The Hall–Kier alpha value is -0.570. The summed E-state index contributed by atoms with van der Waals surface area (Å²) in [4.78, 5) is 14.0. The Bertz CT molecular complexity index is 275. The van der Waals surface area contributed by atoms with Gasteiger partial charge < -0.3 is 4.74 Å². The monoisotopic (exact) mass is 225 g/mol. The summed E-state index contributed by atoms with van der Waals surface area (Å²) in [5.41, 5.74) is 0.352. The van der Waals surface area contributed by atoms with Crippen LogP contribution in [0.25, 0.3) is 0 Å². The van der Waals surface area contributed by atoms with Gasteiger partial charge in [0.15, 0.2) is 0 Å². The highest BCUT2D eigenvalue weighted by Crippen LogP contribution is 2.41. The maximum Gasteiger partial charge on any atom is 0.323 e. The van der Waals surface area contributed by atoms with Gasteiger partial charge in [-0.05, 0) is 24.7 Å². The van der Waals surface area contributed by atoms with Crippen molar-refractivity contribution in [2.24, 2.45) is 5.41 Å². The standard InChI is InChI=1S/C13H23NO2/c1-13(2)8-5-4-6-11(13)14-9-7-10(14)12(15)16-3/h10-11H,4-9H2,1-3H3. The smallest absolute Gasteiger partial charge is 0.323 e. The number of esters is 1. The van der Waals surface area contributed by atoms with Crippen molar-refractivity contribution in [3.8, 4) is 0 Å². The minimum Gasteiger partial charge on any atom is -0.468 e. The average molecular weight is 225 g/mol. The van der Waals surface area contributed by atoms with Crippen LogP contribution in [0.1, 0.15) is 46.0 Å². The molecule has 92 valence electrons. The van der Waals surface area contributed by atoms with E-state index in [1.54, 1.807) is 0 Å². The van der Waals surface area contributed by atoms with E-state index >= 15 is 0 Å². The summed E-state index contributed by atoms with van der Waals surface area (Å²) in [5.74, 6) is -0.0485. The third-order valence-corrected chi connectivity index (χ3v) is 4.39. The van der Waals surface area contributed by atoms with Crippen molar-refractivity contribution in [3.05, 3.63) is 0 Å². The second kappa shape index (κ2) is 4.36. The molecular weight excluding hydrogens is 202 g/mol. The van der Waals surface area contributed by atoms with Crippen molar-refractivity contribution in [3.63, 3.8) is 0 Å². The van der Waals surface area contributed by atoms with E-state index in [-0.39, 0.29) is 12.0 Å². The molecule has 1 saturated carbocycles. The van der Waals surface area contributed by atoms with Crippen LogP contribution >= 0.6 is 0 Å². The minimum atomic E-state index is -0.0485. The highest BCUT2D eigenvalue weighted by molar-refractivity contribution is 5.76. The van der Waals surface area contributed by atoms with Crippen LogP contribution in [0.5, 0.6) is 0 Å². The van der Waals surface area contributed by atoms with Gasteiger partial charge in [-0.2, -0.15) is 0 Å². The first-order valence-corrected chi connectivity index (χ1v) is 6.40. The van der Waals surface area contributed by atoms with Gasteiger partial charge in [0, 0.05) is 12.6 Å². The second-order valence-corrected chi connectivity index (χ2v) is 5.82. The van der Waals surface area contributed by atoms with Gasteiger partial charge in [-0.3, -0.25) is 9.69 Å². The number of hydrogen-bond acceptors (Lipinski definition) is 3. The summed E-state index contributed by atoms with van der Waals surface area (Å²) < 4.78 is 4.86. The highest BCUT2D eigenvalue weighted by atomic mass is 16.5. The van der Waals surface area contributed by atoms with Gasteiger partial charge in [-0.25, -0.2) is 0 Å². The fourth-order valence-electron chi connectivity index (χ4n) is 3.26. The molecule has 2 fully saturated rings. The Labute approximate surface area is 98.1 Å². The Kier molecular flexibility index (Phi) is 3.24. The minimum absolute atomic E-state index is 0.0346. The fourth-order valence-corrected chi connectivity index (χ4v) is 3.26. The molecule has 3 nitrogen and oxygen atoms in total. The molecule has 0 spiro atoms. The predicted molar refractivity (Wildman–Crippen MR) is 63.2 cm³/mol. The number of methoxy groups -OCH3 is 1. The molecule has 16 heavy (non-hydrogen) atoms. The zero-order valence-corrected chi connectivity index (χ0v) is 10.7. The summed E-state index contributed by atoms with van der Waals surface area (Å²) >= 11 is 0. The van der Waals surface area contributed by atoms with E-state index in [4.69, 9.17) is 4.74 Å². The van der Waals surface area contributed by atoms with E-state index in [1.807, 2.05) is 0 Å². The van der Waals surface area contributed by atoms with Gasteiger partial charge >= 0.3 is 5.97 Å².